The molecule has 0 saturated carbocycles. The number of hydrazone groups is 1. The molecule has 3 rings (SSSR count). The minimum atomic E-state index is -4.41. The van der Waals surface area contributed by atoms with Gasteiger partial charge in [-0.25, -0.2) is 5.43 Å². The fraction of sp³-hybridized carbons (Fsp3) is 0.217. The lowest BCUT2D eigenvalue weighted by Crippen LogP contribution is -2.25. The summed E-state index contributed by atoms with van der Waals surface area (Å²) in [6.45, 7) is 1.47. The maximum absolute atomic E-state index is 12.7. The Labute approximate surface area is 206 Å². The minimum absolute atomic E-state index is 0.101. The Morgan fingerprint density at radius 3 is 2.40 bits per heavy atom. The van der Waals surface area contributed by atoms with Crippen molar-refractivity contribution in [1.29, 1.82) is 0 Å². The van der Waals surface area contributed by atoms with E-state index >= 15 is 0 Å². The highest BCUT2D eigenvalue weighted by Gasteiger charge is 2.30. The van der Waals surface area contributed by atoms with E-state index in [0.29, 0.717) is 21.7 Å². The van der Waals surface area contributed by atoms with Crippen molar-refractivity contribution in [1.82, 2.24) is 10.7 Å². The highest BCUT2D eigenvalue weighted by Crippen LogP contribution is 2.31. The molecule has 0 aliphatic carbocycles. The monoisotopic (exact) mass is 523 g/mol. The number of thiophene rings is 1. The Morgan fingerprint density at radius 1 is 1.11 bits per heavy atom. The smallest absolute Gasteiger partial charge is 0.395 e. The quantitative estimate of drug-likeness (QED) is 0.360. The number of hydrogen-bond acceptors (Lipinski definition) is 7. The summed E-state index contributed by atoms with van der Waals surface area (Å²) >= 11 is 2.18. The summed E-state index contributed by atoms with van der Waals surface area (Å²) in [4.78, 5) is 37.4. The fourth-order valence-corrected chi connectivity index (χ4v) is 4.68. The van der Waals surface area contributed by atoms with Crippen molar-refractivity contribution >= 4 is 52.5 Å². The van der Waals surface area contributed by atoms with Gasteiger partial charge in [0, 0.05) is 12.1 Å². The lowest BCUT2D eigenvalue weighted by molar-refractivity contribution is -0.137. The number of amides is 2. The average Bonchev–Trinajstić information content (AvgIpc) is 3.46. The summed E-state index contributed by atoms with van der Waals surface area (Å²) in [5.41, 5.74) is 2.74. The molecule has 1 aliphatic heterocycles. The number of alkyl halides is 3. The molecule has 12 heteroatoms. The van der Waals surface area contributed by atoms with Crippen LogP contribution in [0.1, 0.15) is 37.4 Å². The normalized spacial score (nSPS) is 16.5. The highest BCUT2D eigenvalue weighted by atomic mass is 32.2. The summed E-state index contributed by atoms with van der Waals surface area (Å²) in [6, 6.07) is 7.56. The summed E-state index contributed by atoms with van der Waals surface area (Å²) in [6.07, 6.45) is -1.24. The van der Waals surface area contributed by atoms with Gasteiger partial charge in [0.15, 0.2) is 5.78 Å². The van der Waals surface area contributed by atoms with Gasteiger partial charge in [-0.1, -0.05) is 24.3 Å². The number of allylic oxidation sites excluding steroid dienone is 1. The van der Waals surface area contributed by atoms with Gasteiger partial charge in [0.25, 0.3) is 11.8 Å². The zero-order valence-corrected chi connectivity index (χ0v) is 19.9. The van der Waals surface area contributed by atoms with E-state index < -0.39 is 28.8 Å². The Kier molecular flexibility index (Phi) is 8.65. The third-order valence-corrected chi connectivity index (χ3v) is 6.84. The first kappa shape index (κ1) is 26.4. The number of rotatable bonds is 8. The molecule has 0 saturated heterocycles. The zero-order valence-electron chi connectivity index (χ0n) is 18.3. The van der Waals surface area contributed by atoms with Crippen molar-refractivity contribution in [3.05, 3.63) is 74.3 Å². The molecule has 2 amide bonds. The van der Waals surface area contributed by atoms with E-state index in [-0.39, 0.29) is 23.8 Å². The second-order valence-corrected chi connectivity index (χ2v) is 9.31. The van der Waals surface area contributed by atoms with Gasteiger partial charge in [0.05, 0.1) is 32.9 Å². The predicted octanol–water partition coefficient (Wildman–Crippen LogP) is 3.88. The topological polar surface area (TPSA) is 108 Å². The van der Waals surface area contributed by atoms with Crippen LogP contribution in [0.3, 0.4) is 0 Å². The number of carbonyl (C=O) groups excluding carboxylic acids is 3. The van der Waals surface area contributed by atoms with Crippen LogP contribution in [0.2, 0.25) is 0 Å². The van der Waals surface area contributed by atoms with Gasteiger partial charge in [-0.05, 0) is 42.2 Å². The van der Waals surface area contributed by atoms with E-state index in [1.807, 2.05) is 0 Å². The number of aliphatic hydroxyl groups is 1. The van der Waals surface area contributed by atoms with Crippen molar-refractivity contribution in [3.63, 3.8) is 0 Å². The van der Waals surface area contributed by atoms with E-state index in [1.54, 1.807) is 24.5 Å². The third-order valence-electron chi connectivity index (χ3n) is 4.72. The lowest BCUT2D eigenvalue weighted by Gasteiger charge is -2.06. The van der Waals surface area contributed by atoms with Crippen molar-refractivity contribution in [3.8, 4) is 0 Å². The van der Waals surface area contributed by atoms with Crippen LogP contribution >= 0.6 is 23.1 Å². The van der Waals surface area contributed by atoms with Gasteiger partial charge in [-0.15, -0.1) is 23.1 Å². The predicted molar refractivity (Wildman–Crippen MR) is 129 cm³/mol. The second-order valence-electron chi connectivity index (χ2n) is 7.21. The van der Waals surface area contributed by atoms with Crippen molar-refractivity contribution in [2.45, 2.75) is 18.3 Å². The van der Waals surface area contributed by atoms with Crippen LogP contribution in [0.4, 0.5) is 13.2 Å². The molecule has 2 aromatic rings. The molecular formula is C23H20F3N3O4S2. The fourth-order valence-electron chi connectivity index (χ4n) is 2.88. The van der Waals surface area contributed by atoms with Crippen LogP contribution in [0.15, 0.2) is 58.6 Å². The first-order valence-corrected chi connectivity index (χ1v) is 12.0. The van der Waals surface area contributed by atoms with Gasteiger partial charge >= 0.3 is 6.18 Å². The number of carbonyl (C=O) groups is 3. The van der Waals surface area contributed by atoms with Crippen molar-refractivity contribution < 1.29 is 32.7 Å². The molecule has 2 heterocycles. The van der Waals surface area contributed by atoms with Crippen molar-refractivity contribution in [2.75, 3.05) is 13.2 Å². The molecule has 0 spiro atoms. The highest BCUT2D eigenvalue weighted by molar-refractivity contribution is 8.04. The van der Waals surface area contributed by atoms with E-state index in [0.717, 1.165) is 23.5 Å². The number of nitrogens with one attached hydrogen (secondary N) is 2. The lowest BCUT2D eigenvalue weighted by atomic mass is 10.1. The number of ketones is 1. The number of nitrogens with zero attached hydrogens (tertiary/aromatic N) is 1. The molecule has 1 aromatic carbocycles. The summed E-state index contributed by atoms with van der Waals surface area (Å²) in [5.74, 6) is -1.20. The molecule has 35 heavy (non-hydrogen) atoms. The molecule has 1 aliphatic rings. The summed E-state index contributed by atoms with van der Waals surface area (Å²) in [7, 11) is 0. The van der Waals surface area contributed by atoms with Crippen LogP contribution in [-0.4, -0.2) is 46.8 Å². The first-order valence-electron chi connectivity index (χ1n) is 10.2. The van der Waals surface area contributed by atoms with Gasteiger partial charge in [-0.2, -0.15) is 18.3 Å². The van der Waals surface area contributed by atoms with Gasteiger partial charge < -0.3 is 10.4 Å². The number of benzene rings is 1. The number of aliphatic hydroxyl groups excluding tert-OH is 1. The molecule has 1 unspecified atom stereocenters. The summed E-state index contributed by atoms with van der Waals surface area (Å²) in [5, 5.41) is 16.3. The largest absolute Gasteiger partial charge is 0.416 e. The molecule has 3 N–H and O–H groups in total. The van der Waals surface area contributed by atoms with E-state index in [1.165, 1.54) is 36.0 Å². The maximum Gasteiger partial charge on any atom is 0.416 e. The van der Waals surface area contributed by atoms with Crippen LogP contribution in [0.25, 0.3) is 6.08 Å². The zero-order chi connectivity index (χ0) is 25.6. The average molecular weight is 524 g/mol. The second kappa shape index (κ2) is 11.5. The first-order chi connectivity index (χ1) is 16.6. The molecular weight excluding hydrogens is 503 g/mol. The molecule has 0 bridgehead atoms. The summed E-state index contributed by atoms with van der Waals surface area (Å²) < 4.78 is 38.0. The van der Waals surface area contributed by atoms with Crippen molar-refractivity contribution in [2.24, 2.45) is 5.10 Å². The molecule has 1 atom stereocenters. The van der Waals surface area contributed by atoms with Crippen LogP contribution in [0, 0.1) is 0 Å². The Bertz CT molecular complexity index is 1200. The SMILES string of the molecule is C/C(=N\NC(=O)c1ccc(C(=O)NCCO)s1)C1=CSC(/C=C/c2ccc(C(F)(F)F)cc2)C1=O. The molecule has 1 aromatic heterocycles. The Balaban J connectivity index is 1.57. The Hall–Kier alpha value is -3.22. The van der Waals surface area contributed by atoms with Crippen LogP contribution in [-0.2, 0) is 11.0 Å². The number of hydrogen-bond donors (Lipinski definition) is 3. The van der Waals surface area contributed by atoms with E-state index in [4.69, 9.17) is 5.11 Å². The minimum Gasteiger partial charge on any atom is -0.395 e. The number of Topliss-reactive ketones (excluding diaryl/α,β-unsaturated/α-hetero) is 1. The molecule has 184 valence electrons. The molecule has 0 radical (unpaired) electrons. The van der Waals surface area contributed by atoms with Crippen LogP contribution < -0.4 is 10.7 Å². The van der Waals surface area contributed by atoms with E-state index in [2.05, 4.69) is 15.8 Å². The molecule has 7 nitrogen and oxygen atoms in total. The maximum atomic E-state index is 12.7. The van der Waals surface area contributed by atoms with Gasteiger partial charge in [-0.3, -0.25) is 14.4 Å². The third kappa shape index (κ3) is 6.90. The molecule has 0 fully saturated rings. The number of halogens is 3. The number of thioether (sulfide) groups is 1. The van der Waals surface area contributed by atoms with Crippen LogP contribution in [0.5, 0.6) is 0 Å². The Morgan fingerprint density at radius 2 is 1.77 bits per heavy atom. The van der Waals surface area contributed by atoms with E-state index in [9.17, 15) is 27.6 Å². The van der Waals surface area contributed by atoms with Gasteiger partial charge in [0.1, 0.15) is 0 Å². The standard InChI is InChI=1S/C23H20F3N3O4S2/c1-13(28-29-22(33)19-9-8-18(35-19)21(32)27-10-11-30)16-12-34-17(20(16)31)7-4-14-2-5-15(6-3-14)23(24,25)26/h2-9,12,17,30H,10-11H2,1H3,(H,27,32)(H,29,33)/b7-4+,28-13+. The van der Waals surface area contributed by atoms with Gasteiger partial charge in [0.2, 0.25) is 0 Å².